The van der Waals surface area contributed by atoms with Crippen molar-refractivity contribution in [1.29, 1.82) is 0 Å². The van der Waals surface area contributed by atoms with Gasteiger partial charge >= 0.3 is 5.97 Å². The summed E-state index contributed by atoms with van der Waals surface area (Å²) in [5.74, 6) is -1.33. The summed E-state index contributed by atoms with van der Waals surface area (Å²) < 4.78 is 0. The first-order chi connectivity index (χ1) is 9.31. The SMILES string of the molecule is Cc1nc(C)c(CCC(=O)NCC(C)C(=O)O)c(=O)[nH]1. The largest absolute Gasteiger partial charge is 0.481 e. The van der Waals surface area contributed by atoms with Gasteiger partial charge in [0.15, 0.2) is 0 Å². The predicted molar refractivity (Wildman–Crippen MR) is 72.5 cm³/mol. The Labute approximate surface area is 116 Å². The molecular weight excluding hydrogens is 262 g/mol. The van der Waals surface area contributed by atoms with Crippen molar-refractivity contribution in [2.24, 2.45) is 5.92 Å². The number of carboxylic acids is 1. The fourth-order valence-corrected chi connectivity index (χ4v) is 1.73. The summed E-state index contributed by atoms with van der Waals surface area (Å²) in [6.45, 7) is 5.01. The highest BCUT2D eigenvalue weighted by Gasteiger charge is 2.13. The van der Waals surface area contributed by atoms with Gasteiger partial charge in [-0.1, -0.05) is 6.92 Å². The molecule has 1 unspecified atom stereocenters. The smallest absolute Gasteiger partial charge is 0.308 e. The molecule has 1 rings (SSSR count). The van der Waals surface area contributed by atoms with Crippen LogP contribution in [-0.2, 0) is 16.0 Å². The maximum atomic E-state index is 11.7. The summed E-state index contributed by atoms with van der Waals surface area (Å²) in [7, 11) is 0. The summed E-state index contributed by atoms with van der Waals surface area (Å²) in [6, 6.07) is 0. The molecule has 0 aliphatic carbocycles. The number of H-pyrrole nitrogens is 1. The van der Waals surface area contributed by atoms with E-state index in [1.807, 2.05) is 0 Å². The Morgan fingerprint density at radius 3 is 2.60 bits per heavy atom. The van der Waals surface area contributed by atoms with Crippen LogP contribution in [0.5, 0.6) is 0 Å². The Balaban J connectivity index is 2.54. The van der Waals surface area contributed by atoms with E-state index in [2.05, 4.69) is 15.3 Å². The zero-order valence-electron chi connectivity index (χ0n) is 11.8. The van der Waals surface area contributed by atoms with E-state index in [1.54, 1.807) is 13.8 Å². The molecule has 20 heavy (non-hydrogen) atoms. The third-order valence-electron chi connectivity index (χ3n) is 2.97. The molecule has 1 aromatic rings. The maximum absolute atomic E-state index is 11.7. The van der Waals surface area contributed by atoms with Crippen molar-refractivity contribution in [3.63, 3.8) is 0 Å². The van der Waals surface area contributed by atoms with Gasteiger partial charge in [0, 0.05) is 24.2 Å². The lowest BCUT2D eigenvalue weighted by Crippen LogP contribution is -2.32. The lowest BCUT2D eigenvalue weighted by molar-refractivity contribution is -0.141. The minimum atomic E-state index is -0.958. The van der Waals surface area contributed by atoms with E-state index in [4.69, 9.17) is 5.11 Å². The minimum Gasteiger partial charge on any atom is -0.481 e. The molecule has 3 N–H and O–H groups in total. The Bertz CT molecular complexity index is 565. The molecule has 1 heterocycles. The molecule has 1 aromatic heterocycles. The van der Waals surface area contributed by atoms with Crippen LogP contribution in [0.25, 0.3) is 0 Å². The van der Waals surface area contributed by atoms with E-state index in [-0.39, 0.29) is 30.9 Å². The van der Waals surface area contributed by atoms with Gasteiger partial charge in [-0.3, -0.25) is 14.4 Å². The predicted octanol–water partition coefficient (Wildman–Crippen LogP) is 0.156. The summed E-state index contributed by atoms with van der Waals surface area (Å²) in [5.41, 5.74) is 0.858. The molecule has 0 aliphatic heterocycles. The number of nitrogens with zero attached hydrogens (tertiary/aromatic N) is 1. The van der Waals surface area contributed by atoms with E-state index in [1.165, 1.54) is 6.92 Å². The van der Waals surface area contributed by atoms with Crippen molar-refractivity contribution in [3.05, 3.63) is 27.4 Å². The van der Waals surface area contributed by atoms with Crippen molar-refractivity contribution in [3.8, 4) is 0 Å². The first-order valence-electron chi connectivity index (χ1n) is 6.37. The number of aliphatic carboxylic acids is 1. The van der Waals surface area contributed by atoms with E-state index < -0.39 is 11.9 Å². The lowest BCUT2D eigenvalue weighted by atomic mass is 10.1. The monoisotopic (exact) mass is 281 g/mol. The Morgan fingerprint density at radius 2 is 2.05 bits per heavy atom. The summed E-state index contributed by atoms with van der Waals surface area (Å²) >= 11 is 0. The second kappa shape index (κ2) is 6.83. The van der Waals surface area contributed by atoms with Gasteiger partial charge in [0.1, 0.15) is 5.82 Å². The Hall–Kier alpha value is -2.18. The zero-order chi connectivity index (χ0) is 15.3. The quantitative estimate of drug-likeness (QED) is 0.687. The number of hydrogen-bond acceptors (Lipinski definition) is 4. The Kier molecular flexibility index (Phi) is 5.42. The number of hydrogen-bond donors (Lipinski definition) is 3. The molecule has 0 radical (unpaired) electrons. The number of carbonyl (C=O) groups is 2. The van der Waals surface area contributed by atoms with Crippen LogP contribution >= 0.6 is 0 Å². The molecule has 0 bridgehead atoms. The van der Waals surface area contributed by atoms with E-state index in [9.17, 15) is 14.4 Å². The van der Waals surface area contributed by atoms with Gasteiger partial charge in [0.25, 0.3) is 5.56 Å². The number of rotatable bonds is 6. The molecule has 1 amide bonds. The lowest BCUT2D eigenvalue weighted by Gasteiger charge is -2.09. The number of aromatic nitrogens is 2. The van der Waals surface area contributed by atoms with E-state index in [0.29, 0.717) is 17.1 Å². The normalized spacial score (nSPS) is 11.9. The first-order valence-corrected chi connectivity index (χ1v) is 6.37. The van der Waals surface area contributed by atoms with Crippen molar-refractivity contribution in [1.82, 2.24) is 15.3 Å². The number of carbonyl (C=O) groups excluding carboxylic acids is 1. The van der Waals surface area contributed by atoms with E-state index >= 15 is 0 Å². The number of nitrogens with one attached hydrogen (secondary N) is 2. The standard InChI is InChI=1S/C13H19N3O4/c1-7(13(19)20)6-14-11(17)5-4-10-8(2)15-9(3)16-12(10)18/h7H,4-6H2,1-3H3,(H,14,17)(H,19,20)(H,15,16,18). The van der Waals surface area contributed by atoms with Gasteiger partial charge in [-0.05, 0) is 20.3 Å². The van der Waals surface area contributed by atoms with Crippen molar-refractivity contribution in [2.75, 3.05) is 6.54 Å². The van der Waals surface area contributed by atoms with Gasteiger partial charge in [0.2, 0.25) is 5.91 Å². The second-order valence-electron chi connectivity index (χ2n) is 4.76. The van der Waals surface area contributed by atoms with Gasteiger partial charge in [0.05, 0.1) is 5.92 Å². The van der Waals surface area contributed by atoms with Gasteiger partial charge in [-0.2, -0.15) is 0 Å². The molecule has 0 spiro atoms. The van der Waals surface area contributed by atoms with Crippen LogP contribution in [-0.4, -0.2) is 33.5 Å². The van der Waals surface area contributed by atoms with Crippen LogP contribution in [0.2, 0.25) is 0 Å². The highest BCUT2D eigenvalue weighted by molar-refractivity contribution is 5.77. The molecule has 0 aromatic carbocycles. The molecule has 0 saturated heterocycles. The third-order valence-corrected chi connectivity index (χ3v) is 2.97. The molecule has 0 saturated carbocycles. The van der Waals surface area contributed by atoms with Crippen molar-refractivity contribution < 1.29 is 14.7 Å². The van der Waals surface area contributed by atoms with Crippen LogP contribution in [0.3, 0.4) is 0 Å². The molecule has 0 fully saturated rings. The van der Waals surface area contributed by atoms with Gasteiger partial charge < -0.3 is 15.4 Å². The number of carboxylic acid groups (broad SMARTS) is 1. The third kappa shape index (κ3) is 4.49. The summed E-state index contributed by atoms with van der Waals surface area (Å²) in [6.07, 6.45) is 0.405. The fourth-order valence-electron chi connectivity index (χ4n) is 1.73. The molecule has 1 atom stereocenters. The molecule has 7 nitrogen and oxygen atoms in total. The van der Waals surface area contributed by atoms with Crippen LogP contribution in [0.4, 0.5) is 0 Å². The minimum absolute atomic E-state index is 0.0790. The molecule has 110 valence electrons. The van der Waals surface area contributed by atoms with Crippen LogP contribution < -0.4 is 10.9 Å². The van der Waals surface area contributed by atoms with Crippen LogP contribution in [0.15, 0.2) is 4.79 Å². The molecular formula is C13H19N3O4. The average molecular weight is 281 g/mol. The molecule has 0 aliphatic rings. The fraction of sp³-hybridized carbons (Fsp3) is 0.538. The summed E-state index contributed by atoms with van der Waals surface area (Å²) in [5, 5.41) is 11.2. The second-order valence-corrected chi connectivity index (χ2v) is 4.76. The average Bonchev–Trinajstić information content (AvgIpc) is 2.34. The van der Waals surface area contributed by atoms with Crippen LogP contribution in [0, 0.1) is 19.8 Å². The topological polar surface area (TPSA) is 112 Å². The van der Waals surface area contributed by atoms with Crippen molar-refractivity contribution >= 4 is 11.9 Å². The first kappa shape index (κ1) is 15.9. The molecule has 7 heteroatoms. The number of amides is 1. The van der Waals surface area contributed by atoms with Gasteiger partial charge in [-0.25, -0.2) is 4.98 Å². The number of aromatic amines is 1. The maximum Gasteiger partial charge on any atom is 0.308 e. The van der Waals surface area contributed by atoms with Gasteiger partial charge in [-0.15, -0.1) is 0 Å². The Morgan fingerprint density at radius 1 is 1.40 bits per heavy atom. The van der Waals surface area contributed by atoms with E-state index in [0.717, 1.165) is 0 Å². The van der Waals surface area contributed by atoms with Crippen LogP contribution in [0.1, 0.15) is 30.4 Å². The number of aryl methyl sites for hydroxylation is 2. The highest BCUT2D eigenvalue weighted by atomic mass is 16.4. The zero-order valence-corrected chi connectivity index (χ0v) is 11.8. The van der Waals surface area contributed by atoms with Crippen molar-refractivity contribution in [2.45, 2.75) is 33.6 Å². The summed E-state index contributed by atoms with van der Waals surface area (Å²) in [4.78, 5) is 40.7. The highest BCUT2D eigenvalue weighted by Crippen LogP contribution is 2.02.